The fraction of sp³-hybridized carbons (Fsp3) is 0.533. The van der Waals surface area contributed by atoms with Crippen LogP contribution in [0.15, 0.2) is 24.3 Å². The van der Waals surface area contributed by atoms with Crippen molar-refractivity contribution in [1.29, 1.82) is 0 Å². The summed E-state index contributed by atoms with van der Waals surface area (Å²) in [4.78, 5) is 11.8. The van der Waals surface area contributed by atoms with Crippen LogP contribution in [0.25, 0.3) is 0 Å². The van der Waals surface area contributed by atoms with Crippen molar-refractivity contribution in [2.24, 2.45) is 5.92 Å². The Morgan fingerprint density at radius 2 is 2.28 bits per heavy atom. The molecule has 1 aliphatic carbocycles. The smallest absolute Gasteiger partial charge is 0.220 e. The van der Waals surface area contributed by atoms with Crippen LogP contribution < -0.4 is 11.1 Å². The highest BCUT2D eigenvalue weighted by Crippen LogP contribution is 2.24. The van der Waals surface area contributed by atoms with Crippen LogP contribution in [0.1, 0.15) is 38.2 Å². The zero-order valence-corrected chi connectivity index (χ0v) is 11.0. The van der Waals surface area contributed by atoms with Crippen LogP contribution in [0.3, 0.4) is 0 Å². The number of nitrogen functional groups attached to an aromatic ring is 1. The van der Waals surface area contributed by atoms with Gasteiger partial charge in [-0.15, -0.1) is 0 Å². The molecule has 3 N–H and O–H groups in total. The minimum Gasteiger partial charge on any atom is -0.399 e. The van der Waals surface area contributed by atoms with E-state index in [1.165, 1.54) is 6.42 Å². The summed E-state index contributed by atoms with van der Waals surface area (Å²) in [6.45, 7) is 2.25. The number of carbonyl (C=O) groups is 1. The van der Waals surface area contributed by atoms with Gasteiger partial charge < -0.3 is 11.1 Å². The standard InChI is InChI=1S/C15H22N2O/c1-11-5-7-14(9-11)17-15(18)8-6-12-3-2-4-13(16)10-12/h2-4,10-11,14H,5-9,16H2,1H3,(H,17,18). The Kier molecular flexibility index (Phi) is 4.24. The molecule has 18 heavy (non-hydrogen) atoms. The van der Waals surface area contributed by atoms with Crippen LogP contribution in [0.2, 0.25) is 0 Å². The van der Waals surface area contributed by atoms with E-state index in [-0.39, 0.29) is 5.91 Å². The molecule has 2 rings (SSSR count). The summed E-state index contributed by atoms with van der Waals surface area (Å²) in [5.74, 6) is 0.917. The average Bonchev–Trinajstić information content (AvgIpc) is 2.72. The zero-order chi connectivity index (χ0) is 13.0. The SMILES string of the molecule is CC1CCC(NC(=O)CCc2cccc(N)c2)C1. The molecule has 0 aliphatic heterocycles. The first kappa shape index (κ1) is 12.9. The van der Waals surface area contributed by atoms with E-state index in [4.69, 9.17) is 5.73 Å². The highest BCUT2D eigenvalue weighted by molar-refractivity contribution is 5.76. The molecule has 1 aromatic rings. The van der Waals surface area contributed by atoms with E-state index in [0.717, 1.165) is 36.4 Å². The maximum absolute atomic E-state index is 11.8. The molecule has 0 bridgehead atoms. The van der Waals surface area contributed by atoms with Gasteiger partial charge in [-0.1, -0.05) is 19.1 Å². The van der Waals surface area contributed by atoms with Crippen LogP contribution in [-0.2, 0) is 11.2 Å². The number of nitrogens with two attached hydrogens (primary N) is 1. The monoisotopic (exact) mass is 246 g/mol. The Hall–Kier alpha value is -1.51. The lowest BCUT2D eigenvalue weighted by molar-refractivity contribution is -0.121. The minimum absolute atomic E-state index is 0.163. The molecule has 0 spiro atoms. The van der Waals surface area contributed by atoms with Crippen molar-refractivity contribution < 1.29 is 4.79 Å². The zero-order valence-electron chi connectivity index (χ0n) is 11.0. The predicted octanol–water partition coefficient (Wildman–Crippen LogP) is 2.51. The van der Waals surface area contributed by atoms with Gasteiger partial charge in [0.05, 0.1) is 0 Å². The van der Waals surface area contributed by atoms with Gasteiger partial charge in [0, 0.05) is 18.2 Å². The highest BCUT2D eigenvalue weighted by atomic mass is 16.1. The number of nitrogens with one attached hydrogen (secondary N) is 1. The van der Waals surface area contributed by atoms with Crippen molar-refractivity contribution in [3.05, 3.63) is 29.8 Å². The average molecular weight is 246 g/mol. The molecular formula is C15H22N2O. The molecule has 98 valence electrons. The van der Waals surface area contributed by atoms with Gasteiger partial charge in [-0.05, 0) is 49.3 Å². The van der Waals surface area contributed by atoms with Crippen LogP contribution in [0.5, 0.6) is 0 Å². The topological polar surface area (TPSA) is 55.1 Å². The molecule has 3 nitrogen and oxygen atoms in total. The number of rotatable bonds is 4. The lowest BCUT2D eigenvalue weighted by atomic mass is 10.1. The molecule has 0 heterocycles. The van der Waals surface area contributed by atoms with Crippen molar-refractivity contribution in [2.45, 2.75) is 45.1 Å². The first-order valence-corrected chi connectivity index (χ1v) is 6.77. The third-order valence-electron chi connectivity index (χ3n) is 3.65. The van der Waals surface area contributed by atoms with E-state index in [0.29, 0.717) is 12.5 Å². The van der Waals surface area contributed by atoms with Gasteiger partial charge in [-0.2, -0.15) is 0 Å². The fourth-order valence-corrected chi connectivity index (χ4v) is 2.64. The minimum atomic E-state index is 0.163. The van der Waals surface area contributed by atoms with Gasteiger partial charge in [-0.25, -0.2) is 0 Å². The third-order valence-corrected chi connectivity index (χ3v) is 3.65. The Labute approximate surface area is 109 Å². The Morgan fingerprint density at radius 1 is 1.44 bits per heavy atom. The Balaban J connectivity index is 1.75. The van der Waals surface area contributed by atoms with Crippen LogP contribution in [0.4, 0.5) is 5.69 Å². The van der Waals surface area contributed by atoms with Crippen LogP contribution in [-0.4, -0.2) is 11.9 Å². The molecule has 1 aliphatic rings. The number of hydrogen-bond acceptors (Lipinski definition) is 2. The second-order valence-electron chi connectivity index (χ2n) is 5.43. The van der Waals surface area contributed by atoms with Gasteiger partial charge in [0.25, 0.3) is 0 Å². The number of hydrogen-bond donors (Lipinski definition) is 2. The van der Waals surface area contributed by atoms with Gasteiger partial charge in [0.1, 0.15) is 0 Å². The first-order valence-electron chi connectivity index (χ1n) is 6.77. The van der Waals surface area contributed by atoms with Crippen LogP contribution >= 0.6 is 0 Å². The maximum atomic E-state index is 11.8. The highest BCUT2D eigenvalue weighted by Gasteiger charge is 2.22. The van der Waals surface area contributed by atoms with E-state index >= 15 is 0 Å². The van der Waals surface area contributed by atoms with Gasteiger partial charge in [-0.3, -0.25) is 4.79 Å². The quantitative estimate of drug-likeness (QED) is 0.802. The first-order chi connectivity index (χ1) is 8.63. The van der Waals surface area contributed by atoms with E-state index in [1.54, 1.807) is 0 Å². The lowest BCUT2D eigenvalue weighted by Gasteiger charge is -2.12. The normalized spacial score (nSPS) is 22.9. The van der Waals surface area contributed by atoms with E-state index in [1.807, 2.05) is 24.3 Å². The largest absolute Gasteiger partial charge is 0.399 e. The molecule has 1 fully saturated rings. The van der Waals surface area contributed by atoms with Gasteiger partial charge in [0.2, 0.25) is 5.91 Å². The number of carbonyl (C=O) groups excluding carboxylic acids is 1. The second kappa shape index (κ2) is 5.89. The lowest BCUT2D eigenvalue weighted by Crippen LogP contribution is -2.32. The number of aryl methyl sites for hydroxylation is 1. The third kappa shape index (κ3) is 3.76. The number of amides is 1. The molecule has 0 aromatic heterocycles. The van der Waals surface area contributed by atoms with Crippen molar-refractivity contribution in [3.63, 3.8) is 0 Å². The molecule has 1 amide bonds. The van der Waals surface area contributed by atoms with E-state index < -0.39 is 0 Å². The van der Waals surface area contributed by atoms with Crippen molar-refractivity contribution in [3.8, 4) is 0 Å². The van der Waals surface area contributed by atoms with Crippen LogP contribution in [0, 0.1) is 5.92 Å². The second-order valence-corrected chi connectivity index (χ2v) is 5.43. The Bertz CT molecular complexity index is 417. The van der Waals surface area contributed by atoms with E-state index in [2.05, 4.69) is 12.2 Å². The molecule has 1 saturated carbocycles. The summed E-state index contributed by atoms with van der Waals surface area (Å²) in [5.41, 5.74) is 7.60. The predicted molar refractivity (Wildman–Crippen MR) is 74.1 cm³/mol. The summed E-state index contributed by atoms with van der Waals surface area (Å²) in [6.07, 6.45) is 4.81. The van der Waals surface area contributed by atoms with Gasteiger partial charge in [0.15, 0.2) is 0 Å². The fourth-order valence-electron chi connectivity index (χ4n) is 2.64. The van der Waals surface area contributed by atoms with Gasteiger partial charge >= 0.3 is 0 Å². The molecule has 0 radical (unpaired) electrons. The molecule has 0 saturated heterocycles. The maximum Gasteiger partial charge on any atom is 0.220 e. The molecule has 3 heteroatoms. The summed E-state index contributed by atoms with van der Waals surface area (Å²) in [6, 6.07) is 8.14. The van der Waals surface area contributed by atoms with E-state index in [9.17, 15) is 4.79 Å². The molecule has 1 aromatic carbocycles. The molecule has 2 atom stereocenters. The Morgan fingerprint density at radius 3 is 2.94 bits per heavy atom. The number of benzene rings is 1. The summed E-state index contributed by atoms with van der Waals surface area (Å²) >= 11 is 0. The van der Waals surface area contributed by atoms with Crippen molar-refractivity contribution >= 4 is 11.6 Å². The van der Waals surface area contributed by atoms with Crippen molar-refractivity contribution in [1.82, 2.24) is 5.32 Å². The molecule has 2 unspecified atom stereocenters. The molecular weight excluding hydrogens is 224 g/mol. The summed E-state index contributed by atoms with van der Waals surface area (Å²) < 4.78 is 0. The summed E-state index contributed by atoms with van der Waals surface area (Å²) in [5, 5.41) is 3.12. The summed E-state index contributed by atoms with van der Waals surface area (Å²) in [7, 11) is 0. The van der Waals surface area contributed by atoms with Crippen molar-refractivity contribution in [2.75, 3.05) is 5.73 Å². The number of anilines is 1.